The van der Waals surface area contributed by atoms with Gasteiger partial charge in [-0.25, -0.2) is 0 Å². The van der Waals surface area contributed by atoms with Crippen LogP contribution in [0.25, 0.3) is 0 Å². The van der Waals surface area contributed by atoms with Gasteiger partial charge in [-0.2, -0.15) is 0 Å². The molecule has 0 aromatic heterocycles. The quantitative estimate of drug-likeness (QED) is 0.159. The van der Waals surface area contributed by atoms with Crippen LogP contribution in [0.2, 0.25) is 0 Å². The number of anilines is 9. The zero-order valence-corrected chi connectivity index (χ0v) is 50.9. The molecular weight excluding hydrogens is 942 g/mol. The molecule has 0 spiro atoms. The van der Waals surface area contributed by atoms with Gasteiger partial charge in [0.25, 0.3) is 6.71 Å². The molecule has 0 saturated carbocycles. The molecule has 0 N–H and O–H groups in total. The Morgan fingerprint density at radius 3 is 1.08 bits per heavy atom. The first-order chi connectivity index (χ1) is 36.2. The zero-order valence-electron chi connectivity index (χ0n) is 50.9. The fourth-order valence-electron chi connectivity index (χ4n) is 18.0. The minimum atomic E-state index is -0.0120. The van der Waals surface area contributed by atoms with Gasteiger partial charge in [-0.05, 0) is 214 Å². The largest absolute Gasteiger partial charge is 0.311 e. The molecule has 4 heteroatoms. The van der Waals surface area contributed by atoms with Crippen LogP contribution in [0.3, 0.4) is 0 Å². The van der Waals surface area contributed by atoms with Crippen molar-refractivity contribution in [2.45, 2.75) is 206 Å². The minimum absolute atomic E-state index is 0.00765. The third-order valence-corrected chi connectivity index (χ3v) is 20.5. The summed E-state index contributed by atoms with van der Waals surface area (Å²) in [7, 11) is 0. The summed E-state index contributed by atoms with van der Waals surface area (Å²) in [5.41, 5.74) is 28.8. The lowest BCUT2D eigenvalue weighted by molar-refractivity contribution is 0.402. The van der Waals surface area contributed by atoms with Crippen LogP contribution in [0.15, 0.2) is 127 Å². The van der Waals surface area contributed by atoms with Crippen molar-refractivity contribution in [2.75, 3.05) is 14.7 Å². The molecule has 0 radical (unpaired) electrons. The van der Waals surface area contributed by atoms with Gasteiger partial charge < -0.3 is 14.7 Å². The summed E-state index contributed by atoms with van der Waals surface area (Å²) >= 11 is 0. The van der Waals surface area contributed by atoms with Crippen molar-refractivity contribution in [3.8, 4) is 0 Å². The summed E-state index contributed by atoms with van der Waals surface area (Å²) in [5, 5.41) is 0. The Balaban J connectivity index is 1.20. The molecule has 4 aliphatic carbocycles. The van der Waals surface area contributed by atoms with E-state index in [1.807, 2.05) is 0 Å². The number of rotatable bonds is 5. The highest BCUT2D eigenvalue weighted by atomic mass is 15.2. The molecule has 7 aromatic carbocycles. The van der Waals surface area contributed by atoms with Crippen LogP contribution in [0, 0.1) is 0 Å². The van der Waals surface area contributed by atoms with Crippen molar-refractivity contribution in [3.63, 3.8) is 0 Å². The van der Waals surface area contributed by atoms with Crippen molar-refractivity contribution in [1.29, 1.82) is 0 Å². The Morgan fingerprint density at radius 1 is 0.346 bits per heavy atom. The Hall–Kier alpha value is -6.00. The molecule has 2 aliphatic heterocycles. The second kappa shape index (κ2) is 15.9. The third-order valence-electron chi connectivity index (χ3n) is 20.5. The van der Waals surface area contributed by atoms with Gasteiger partial charge in [0.1, 0.15) is 0 Å². The van der Waals surface area contributed by atoms with E-state index in [0.29, 0.717) is 0 Å². The van der Waals surface area contributed by atoms with Crippen LogP contribution in [0.1, 0.15) is 207 Å². The topological polar surface area (TPSA) is 9.72 Å². The average Bonchev–Trinajstić information content (AvgIpc) is 3.87. The standard InChI is InChI=1S/C74H86BN3/c1-66(2,3)45-25-27-47(28-26-45)76(46-23-21-20-22-24-46)50-35-63-65-64(36-50)78(49-30-32-52-54(34-49)70(10,11)42-68(52,6)7)62-40-58-56(72(14,15)44-74(58,18)19)38-60(62)75(65)59-37-55-57(73(16,17)43-71(55,12)13)39-61(59)77(63)48-29-31-51-53(33-48)69(8,9)41-67(51,4)5/h20-40H,41-44H2,1-19H3. The van der Waals surface area contributed by atoms with E-state index in [4.69, 9.17) is 0 Å². The van der Waals surface area contributed by atoms with E-state index < -0.39 is 0 Å². The van der Waals surface area contributed by atoms with Gasteiger partial charge in [0.2, 0.25) is 0 Å². The van der Waals surface area contributed by atoms with Crippen LogP contribution < -0.4 is 31.1 Å². The fourth-order valence-corrected chi connectivity index (χ4v) is 18.0. The van der Waals surface area contributed by atoms with Gasteiger partial charge in [-0.15, -0.1) is 0 Å². The summed E-state index contributed by atoms with van der Waals surface area (Å²) < 4.78 is 0. The molecule has 0 amide bonds. The molecule has 0 unspecified atom stereocenters. The summed E-state index contributed by atoms with van der Waals surface area (Å²) in [6.45, 7) is 46.6. The van der Waals surface area contributed by atoms with Crippen LogP contribution >= 0.6 is 0 Å². The van der Waals surface area contributed by atoms with E-state index in [9.17, 15) is 0 Å². The maximum atomic E-state index is 2.74. The predicted octanol–water partition coefficient (Wildman–Crippen LogP) is 18.4. The second-order valence-electron chi connectivity index (χ2n) is 31.6. The van der Waals surface area contributed by atoms with Crippen LogP contribution in [0.4, 0.5) is 51.2 Å². The van der Waals surface area contributed by atoms with E-state index >= 15 is 0 Å². The van der Waals surface area contributed by atoms with Crippen molar-refractivity contribution < 1.29 is 0 Å². The minimum Gasteiger partial charge on any atom is -0.311 e. The van der Waals surface area contributed by atoms with E-state index in [1.165, 1.54) is 101 Å². The molecule has 400 valence electrons. The molecule has 78 heavy (non-hydrogen) atoms. The van der Waals surface area contributed by atoms with Crippen LogP contribution in [-0.2, 0) is 48.7 Å². The molecule has 0 bridgehead atoms. The van der Waals surface area contributed by atoms with Gasteiger partial charge >= 0.3 is 0 Å². The monoisotopic (exact) mass is 1030 g/mol. The molecule has 0 atom stereocenters. The van der Waals surface area contributed by atoms with E-state index in [2.05, 4.69) is 274 Å². The third kappa shape index (κ3) is 7.42. The van der Waals surface area contributed by atoms with Gasteiger partial charge in [-0.1, -0.05) is 186 Å². The van der Waals surface area contributed by atoms with Gasteiger partial charge in [-0.3, -0.25) is 0 Å². The average molecular weight is 1030 g/mol. The van der Waals surface area contributed by atoms with Crippen molar-refractivity contribution in [3.05, 3.63) is 177 Å². The molecule has 3 nitrogen and oxygen atoms in total. The van der Waals surface area contributed by atoms with E-state index in [-0.39, 0.29) is 55.4 Å². The first-order valence-electron chi connectivity index (χ1n) is 29.6. The number of hydrogen-bond donors (Lipinski definition) is 0. The van der Waals surface area contributed by atoms with Crippen molar-refractivity contribution >= 4 is 74.3 Å². The zero-order chi connectivity index (χ0) is 55.6. The molecular formula is C74H86BN3. The Bertz CT molecular complexity index is 3500. The second-order valence-corrected chi connectivity index (χ2v) is 31.6. The number of hydrogen-bond acceptors (Lipinski definition) is 3. The van der Waals surface area contributed by atoms with Gasteiger partial charge in [0, 0.05) is 45.5 Å². The highest BCUT2D eigenvalue weighted by molar-refractivity contribution is 7.00. The van der Waals surface area contributed by atoms with Gasteiger partial charge in [0.05, 0.1) is 5.69 Å². The maximum absolute atomic E-state index is 2.74. The first-order valence-corrected chi connectivity index (χ1v) is 29.6. The summed E-state index contributed by atoms with van der Waals surface area (Å²) in [6.07, 6.45) is 4.47. The lowest BCUT2D eigenvalue weighted by atomic mass is 9.33. The molecule has 6 aliphatic rings. The maximum Gasteiger partial charge on any atom is 0.252 e. The Labute approximate surface area is 470 Å². The van der Waals surface area contributed by atoms with E-state index in [1.54, 1.807) is 0 Å². The smallest absolute Gasteiger partial charge is 0.252 e. The van der Waals surface area contributed by atoms with Crippen molar-refractivity contribution in [1.82, 2.24) is 0 Å². The molecule has 2 heterocycles. The number of para-hydroxylation sites is 1. The Kier molecular flexibility index (Phi) is 10.5. The lowest BCUT2D eigenvalue weighted by Crippen LogP contribution is -2.62. The summed E-state index contributed by atoms with van der Waals surface area (Å²) in [4.78, 5) is 8.01. The highest BCUT2D eigenvalue weighted by Gasteiger charge is 2.52. The normalized spacial score (nSPS) is 21.0. The molecule has 0 fully saturated rings. The van der Waals surface area contributed by atoms with Crippen LogP contribution in [0.5, 0.6) is 0 Å². The molecule has 13 rings (SSSR count). The molecule has 7 aromatic rings. The number of fused-ring (bicyclic) bond motifs is 8. The highest BCUT2D eigenvalue weighted by Crippen LogP contribution is 2.58. The lowest BCUT2D eigenvalue weighted by Gasteiger charge is -2.46. The molecule has 0 saturated heterocycles. The van der Waals surface area contributed by atoms with Gasteiger partial charge in [0.15, 0.2) is 0 Å². The number of benzene rings is 7. The van der Waals surface area contributed by atoms with Crippen LogP contribution in [-0.4, -0.2) is 6.71 Å². The number of nitrogens with zero attached hydrogens (tertiary/aromatic N) is 3. The van der Waals surface area contributed by atoms with E-state index in [0.717, 1.165) is 42.7 Å². The Morgan fingerprint density at radius 2 is 0.692 bits per heavy atom. The summed E-state index contributed by atoms with van der Waals surface area (Å²) in [5.74, 6) is 0. The first kappa shape index (κ1) is 51.4. The summed E-state index contributed by atoms with van der Waals surface area (Å²) in [6, 6.07) is 51.7. The predicted molar refractivity (Wildman–Crippen MR) is 337 cm³/mol. The van der Waals surface area contributed by atoms with Crippen molar-refractivity contribution in [2.24, 2.45) is 0 Å². The SMILES string of the molecule is CC(C)(C)c1ccc(N(c2ccccc2)c2cc3c4c(c2)N(c2ccc5c(c2)C(C)(C)CC5(C)C)c2cc5c(cc2B4c2cc4c(cc2N3c2ccc3c(c2)C(C)(C)CC3(C)C)C(C)(C)CC4(C)C)C(C)(C)CC5(C)C)cc1. The fraction of sp³-hybridized carbons (Fsp3) is 0.432.